The Kier molecular flexibility index (Phi) is 10.3. The van der Waals surface area contributed by atoms with Crippen LogP contribution in [-0.2, 0) is 5.41 Å². The van der Waals surface area contributed by atoms with E-state index in [0.717, 1.165) is 24.5 Å². The average Bonchev–Trinajstić information content (AvgIpc) is 3.09. The largest absolute Gasteiger partial charge is 0.401 e. The first-order valence-corrected chi connectivity index (χ1v) is 10.0. The SMILES string of the molecule is CCN(CC1CCN(C(=NC)NCC(C)(C)c2cccc(F)c2)C1)CC(F)(F)F.I. The Hall–Kier alpha value is -1.10. The first-order chi connectivity index (χ1) is 13.5. The number of alkyl halides is 3. The van der Waals surface area contributed by atoms with Crippen molar-refractivity contribution in [2.75, 3.05) is 46.3 Å². The Labute approximate surface area is 194 Å². The molecule has 2 rings (SSSR count). The second-order valence-corrected chi connectivity index (χ2v) is 8.34. The van der Waals surface area contributed by atoms with Gasteiger partial charge in [-0.05, 0) is 36.6 Å². The summed E-state index contributed by atoms with van der Waals surface area (Å²) in [7, 11) is 1.70. The predicted octanol–water partition coefficient (Wildman–Crippen LogP) is 4.50. The van der Waals surface area contributed by atoms with E-state index in [2.05, 4.69) is 15.2 Å². The topological polar surface area (TPSA) is 30.9 Å². The summed E-state index contributed by atoms with van der Waals surface area (Å²) in [5.74, 6) is 0.643. The lowest BCUT2D eigenvalue weighted by Gasteiger charge is -2.30. The van der Waals surface area contributed by atoms with Gasteiger partial charge in [-0.1, -0.05) is 32.9 Å². The zero-order valence-electron chi connectivity index (χ0n) is 18.1. The van der Waals surface area contributed by atoms with Crippen molar-refractivity contribution in [2.45, 2.75) is 38.8 Å². The summed E-state index contributed by atoms with van der Waals surface area (Å²) in [4.78, 5) is 7.89. The highest BCUT2D eigenvalue weighted by Crippen LogP contribution is 2.24. The molecule has 0 amide bonds. The van der Waals surface area contributed by atoms with Crippen LogP contribution in [0.1, 0.15) is 32.8 Å². The fraction of sp³-hybridized carbons (Fsp3) is 0.667. The van der Waals surface area contributed by atoms with Crippen molar-refractivity contribution >= 4 is 29.9 Å². The number of hydrogen-bond donors (Lipinski definition) is 1. The third kappa shape index (κ3) is 8.20. The number of hydrogen-bond acceptors (Lipinski definition) is 2. The Balaban J connectivity index is 0.00000450. The third-order valence-electron chi connectivity index (χ3n) is 5.46. The average molecular weight is 544 g/mol. The second-order valence-electron chi connectivity index (χ2n) is 8.34. The maximum atomic E-state index is 13.6. The zero-order valence-corrected chi connectivity index (χ0v) is 20.4. The molecule has 1 fully saturated rings. The molecule has 1 aromatic carbocycles. The van der Waals surface area contributed by atoms with Crippen LogP contribution < -0.4 is 5.32 Å². The highest BCUT2D eigenvalue weighted by molar-refractivity contribution is 14.0. The van der Waals surface area contributed by atoms with E-state index >= 15 is 0 Å². The molecule has 1 atom stereocenters. The van der Waals surface area contributed by atoms with Crippen molar-refractivity contribution in [1.82, 2.24) is 15.1 Å². The summed E-state index contributed by atoms with van der Waals surface area (Å²) in [6.07, 6.45) is -3.34. The van der Waals surface area contributed by atoms with Crippen LogP contribution in [0.3, 0.4) is 0 Å². The Bertz CT molecular complexity index is 694. The standard InChI is InChI=1S/C21H32F4N4.HI/c1-5-28(15-21(23,24)25)12-16-9-10-29(13-16)19(26-4)27-14-20(2,3)17-7-6-8-18(22)11-17;/h6-8,11,16H,5,9-10,12-15H2,1-4H3,(H,26,27);1H. The monoisotopic (exact) mass is 544 g/mol. The molecule has 4 nitrogen and oxygen atoms in total. The van der Waals surface area contributed by atoms with Gasteiger partial charge in [0.1, 0.15) is 5.82 Å². The number of nitrogens with zero attached hydrogens (tertiary/aromatic N) is 3. The Morgan fingerprint density at radius 1 is 1.30 bits per heavy atom. The van der Waals surface area contributed by atoms with Crippen molar-refractivity contribution in [2.24, 2.45) is 10.9 Å². The molecule has 1 heterocycles. The first-order valence-electron chi connectivity index (χ1n) is 10.0. The minimum atomic E-state index is -4.17. The van der Waals surface area contributed by atoms with Crippen molar-refractivity contribution in [3.63, 3.8) is 0 Å². The molecule has 1 aliphatic heterocycles. The molecule has 1 aliphatic rings. The summed E-state index contributed by atoms with van der Waals surface area (Å²) >= 11 is 0. The van der Waals surface area contributed by atoms with Gasteiger partial charge < -0.3 is 10.2 Å². The summed E-state index contributed by atoms with van der Waals surface area (Å²) in [5, 5.41) is 3.36. The van der Waals surface area contributed by atoms with Gasteiger partial charge in [-0.3, -0.25) is 9.89 Å². The normalized spacial score (nSPS) is 18.0. The number of aliphatic imine (C=N–C) groups is 1. The molecule has 0 radical (unpaired) electrons. The summed E-state index contributed by atoms with van der Waals surface area (Å²) in [5.41, 5.74) is 0.591. The van der Waals surface area contributed by atoms with Crippen LogP contribution >= 0.6 is 24.0 Å². The molecular weight excluding hydrogens is 511 g/mol. The quantitative estimate of drug-likeness (QED) is 0.238. The fourth-order valence-electron chi connectivity index (χ4n) is 3.74. The van der Waals surface area contributed by atoms with E-state index in [4.69, 9.17) is 0 Å². The van der Waals surface area contributed by atoms with Gasteiger partial charge in [0.25, 0.3) is 0 Å². The van der Waals surface area contributed by atoms with Crippen LogP contribution in [0.15, 0.2) is 29.3 Å². The zero-order chi connectivity index (χ0) is 21.7. The van der Waals surface area contributed by atoms with Crippen LogP contribution in [0, 0.1) is 11.7 Å². The van der Waals surface area contributed by atoms with Gasteiger partial charge in [-0.2, -0.15) is 13.2 Å². The van der Waals surface area contributed by atoms with E-state index in [0.29, 0.717) is 26.2 Å². The van der Waals surface area contributed by atoms with E-state index in [1.54, 1.807) is 20.0 Å². The predicted molar refractivity (Wildman–Crippen MR) is 124 cm³/mol. The van der Waals surface area contributed by atoms with Gasteiger partial charge >= 0.3 is 6.18 Å². The van der Waals surface area contributed by atoms with Gasteiger partial charge in [-0.25, -0.2) is 4.39 Å². The summed E-state index contributed by atoms with van der Waals surface area (Å²) < 4.78 is 51.7. The Morgan fingerprint density at radius 3 is 2.57 bits per heavy atom. The molecule has 1 N–H and O–H groups in total. The molecule has 0 bridgehead atoms. The summed E-state index contributed by atoms with van der Waals surface area (Å²) in [6.45, 7) is 7.77. The van der Waals surface area contributed by atoms with Crippen LogP contribution in [0.25, 0.3) is 0 Å². The van der Waals surface area contributed by atoms with Gasteiger partial charge in [0.2, 0.25) is 0 Å². The van der Waals surface area contributed by atoms with Crippen molar-refractivity contribution in [3.8, 4) is 0 Å². The number of halogens is 5. The van der Waals surface area contributed by atoms with Crippen LogP contribution in [-0.4, -0.2) is 68.3 Å². The van der Waals surface area contributed by atoms with Gasteiger partial charge in [-0.15, -0.1) is 24.0 Å². The number of likely N-dealkylation sites (tertiary alicyclic amines) is 1. The summed E-state index contributed by atoms with van der Waals surface area (Å²) in [6, 6.07) is 6.57. The van der Waals surface area contributed by atoms with Crippen molar-refractivity contribution in [3.05, 3.63) is 35.6 Å². The first kappa shape index (κ1) is 26.9. The number of rotatable bonds is 7. The molecule has 1 saturated heterocycles. The molecule has 1 aromatic rings. The molecule has 0 aliphatic carbocycles. The third-order valence-corrected chi connectivity index (χ3v) is 5.46. The van der Waals surface area contributed by atoms with E-state index in [1.165, 1.54) is 17.0 Å². The lowest BCUT2D eigenvalue weighted by molar-refractivity contribution is -0.146. The van der Waals surface area contributed by atoms with E-state index in [-0.39, 0.29) is 41.1 Å². The van der Waals surface area contributed by atoms with Crippen LogP contribution in [0.4, 0.5) is 17.6 Å². The van der Waals surface area contributed by atoms with Gasteiger partial charge in [0, 0.05) is 38.6 Å². The van der Waals surface area contributed by atoms with Gasteiger partial charge in [0.15, 0.2) is 5.96 Å². The second kappa shape index (κ2) is 11.5. The van der Waals surface area contributed by atoms with Crippen molar-refractivity contribution < 1.29 is 17.6 Å². The molecular formula is C21H33F4IN4. The minimum absolute atomic E-state index is 0. The molecule has 0 aromatic heterocycles. The Morgan fingerprint density at radius 2 is 2.00 bits per heavy atom. The van der Waals surface area contributed by atoms with E-state index in [1.807, 2.05) is 19.9 Å². The maximum Gasteiger partial charge on any atom is 0.401 e. The van der Waals surface area contributed by atoms with E-state index in [9.17, 15) is 17.6 Å². The number of benzene rings is 1. The molecule has 1 unspecified atom stereocenters. The molecule has 172 valence electrons. The highest BCUT2D eigenvalue weighted by atomic mass is 127. The van der Waals surface area contributed by atoms with E-state index < -0.39 is 12.7 Å². The maximum absolute atomic E-state index is 13.6. The molecule has 9 heteroatoms. The van der Waals surface area contributed by atoms with Crippen LogP contribution in [0.5, 0.6) is 0 Å². The minimum Gasteiger partial charge on any atom is -0.355 e. The smallest absolute Gasteiger partial charge is 0.355 e. The molecule has 30 heavy (non-hydrogen) atoms. The lowest BCUT2D eigenvalue weighted by atomic mass is 9.84. The number of guanidine groups is 1. The van der Waals surface area contributed by atoms with Gasteiger partial charge in [0.05, 0.1) is 6.54 Å². The highest BCUT2D eigenvalue weighted by Gasteiger charge is 2.33. The number of nitrogens with one attached hydrogen (secondary N) is 1. The lowest BCUT2D eigenvalue weighted by Crippen LogP contribution is -2.45. The molecule has 0 spiro atoms. The van der Waals surface area contributed by atoms with Crippen LogP contribution in [0.2, 0.25) is 0 Å². The molecule has 0 saturated carbocycles. The van der Waals surface area contributed by atoms with Crippen molar-refractivity contribution in [1.29, 1.82) is 0 Å². The fourth-order valence-corrected chi connectivity index (χ4v) is 3.74.